The van der Waals surface area contributed by atoms with Crippen molar-refractivity contribution >= 4 is 27.4 Å². The van der Waals surface area contributed by atoms with Crippen LogP contribution >= 0.6 is 0 Å². The molecule has 0 atom stereocenters. The summed E-state index contributed by atoms with van der Waals surface area (Å²) in [5, 5.41) is 2.68. The van der Waals surface area contributed by atoms with Crippen molar-refractivity contribution in [2.45, 2.75) is 17.7 Å². The third-order valence-electron chi connectivity index (χ3n) is 5.67. The molecule has 1 saturated heterocycles. The second-order valence-corrected chi connectivity index (χ2v) is 9.97. The zero-order valence-corrected chi connectivity index (χ0v) is 20.1. The first-order valence-corrected chi connectivity index (χ1v) is 12.6. The predicted molar refractivity (Wildman–Crippen MR) is 131 cm³/mol. The molecule has 182 valence electrons. The third kappa shape index (κ3) is 5.70. The number of amides is 1. The minimum Gasteiger partial charge on any atom is -0.497 e. The molecular formula is C26H26N2O6S. The molecule has 35 heavy (non-hydrogen) atoms. The molecule has 1 aliphatic rings. The molecule has 8 nitrogen and oxygen atoms in total. The van der Waals surface area contributed by atoms with E-state index in [0.29, 0.717) is 35.7 Å². The number of nitrogens with zero attached hydrogens (tertiary/aromatic N) is 1. The van der Waals surface area contributed by atoms with E-state index in [0.717, 1.165) is 12.8 Å². The number of rotatable bonds is 9. The molecule has 0 unspecified atom stereocenters. The third-order valence-corrected chi connectivity index (χ3v) is 7.58. The quantitative estimate of drug-likeness (QED) is 0.455. The molecule has 9 heteroatoms. The number of ether oxygens (including phenoxy) is 2. The van der Waals surface area contributed by atoms with E-state index in [2.05, 4.69) is 5.32 Å². The summed E-state index contributed by atoms with van der Waals surface area (Å²) >= 11 is 0. The minimum absolute atomic E-state index is 0.189. The molecule has 4 rings (SSSR count). The molecule has 1 aliphatic heterocycles. The van der Waals surface area contributed by atoms with Crippen LogP contribution in [0.1, 0.15) is 28.8 Å². The first kappa shape index (κ1) is 24.4. The minimum atomic E-state index is -3.52. The van der Waals surface area contributed by atoms with Gasteiger partial charge in [0, 0.05) is 30.4 Å². The van der Waals surface area contributed by atoms with E-state index in [1.54, 1.807) is 42.5 Å². The SMILES string of the molecule is COc1ccc(C(=O)c2ccccc2)c(OCC(=O)Nc2ccc(S(=O)(=O)N3CCCC3)cc2)c1. The van der Waals surface area contributed by atoms with Crippen LogP contribution in [0.15, 0.2) is 77.7 Å². The summed E-state index contributed by atoms with van der Waals surface area (Å²) in [7, 11) is -2.02. The average Bonchev–Trinajstić information content (AvgIpc) is 3.44. The van der Waals surface area contributed by atoms with Gasteiger partial charge in [-0.1, -0.05) is 30.3 Å². The van der Waals surface area contributed by atoms with E-state index in [-0.39, 0.29) is 23.0 Å². The Kier molecular flexibility index (Phi) is 7.48. The van der Waals surface area contributed by atoms with Gasteiger partial charge in [-0.25, -0.2) is 8.42 Å². The van der Waals surface area contributed by atoms with Crippen molar-refractivity contribution in [3.63, 3.8) is 0 Å². The highest BCUT2D eigenvalue weighted by Gasteiger charge is 2.27. The van der Waals surface area contributed by atoms with Crippen LogP contribution in [-0.4, -0.2) is 51.2 Å². The molecule has 0 aromatic heterocycles. The molecule has 1 N–H and O–H groups in total. The summed E-state index contributed by atoms with van der Waals surface area (Å²) in [6.45, 7) is 0.699. The zero-order valence-electron chi connectivity index (χ0n) is 19.3. The van der Waals surface area contributed by atoms with Crippen LogP contribution in [0.3, 0.4) is 0 Å². The van der Waals surface area contributed by atoms with Gasteiger partial charge in [0.2, 0.25) is 10.0 Å². The Bertz CT molecular complexity index is 1300. The van der Waals surface area contributed by atoms with Gasteiger partial charge in [0.15, 0.2) is 12.4 Å². The summed E-state index contributed by atoms with van der Waals surface area (Å²) in [4.78, 5) is 25.6. The molecule has 0 bridgehead atoms. The maximum atomic E-state index is 12.9. The predicted octanol–water partition coefficient (Wildman–Crippen LogP) is 3.73. The molecule has 0 radical (unpaired) electrons. The van der Waals surface area contributed by atoms with Gasteiger partial charge < -0.3 is 14.8 Å². The van der Waals surface area contributed by atoms with Gasteiger partial charge in [0.05, 0.1) is 17.6 Å². The number of hydrogen-bond acceptors (Lipinski definition) is 6. The van der Waals surface area contributed by atoms with Crippen molar-refractivity contribution in [1.29, 1.82) is 0 Å². The van der Waals surface area contributed by atoms with Gasteiger partial charge >= 0.3 is 0 Å². The number of ketones is 1. The number of carbonyl (C=O) groups is 2. The van der Waals surface area contributed by atoms with E-state index in [9.17, 15) is 18.0 Å². The van der Waals surface area contributed by atoms with Crippen LogP contribution in [0.4, 0.5) is 5.69 Å². The van der Waals surface area contributed by atoms with E-state index in [1.807, 2.05) is 6.07 Å². The lowest BCUT2D eigenvalue weighted by molar-refractivity contribution is -0.118. The fraction of sp³-hybridized carbons (Fsp3) is 0.231. The first-order valence-electron chi connectivity index (χ1n) is 11.2. The summed E-state index contributed by atoms with van der Waals surface area (Å²) in [6.07, 6.45) is 1.72. The molecule has 3 aromatic carbocycles. The number of nitrogens with one attached hydrogen (secondary N) is 1. The van der Waals surface area contributed by atoms with Crippen LogP contribution in [0.2, 0.25) is 0 Å². The van der Waals surface area contributed by atoms with E-state index in [4.69, 9.17) is 9.47 Å². The normalized spacial score (nSPS) is 13.9. The summed E-state index contributed by atoms with van der Waals surface area (Å²) in [6, 6.07) is 19.6. The fourth-order valence-electron chi connectivity index (χ4n) is 3.81. The molecule has 0 saturated carbocycles. The van der Waals surface area contributed by atoms with Crippen molar-refractivity contribution in [3.05, 3.63) is 83.9 Å². The Hall–Kier alpha value is -3.69. The van der Waals surface area contributed by atoms with Crippen LogP contribution in [0.25, 0.3) is 0 Å². The molecule has 1 fully saturated rings. The number of anilines is 1. The van der Waals surface area contributed by atoms with Gasteiger partial charge in [-0.05, 0) is 49.2 Å². The monoisotopic (exact) mass is 494 g/mol. The Morgan fingerprint density at radius 1 is 0.943 bits per heavy atom. The maximum Gasteiger partial charge on any atom is 0.262 e. The van der Waals surface area contributed by atoms with Gasteiger partial charge in [-0.2, -0.15) is 4.31 Å². The molecule has 1 amide bonds. The van der Waals surface area contributed by atoms with Gasteiger partial charge in [-0.3, -0.25) is 9.59 Å². The summed E-state index contributed by atoms with van der Waals surface area (Å²) < 4.78 is 37.7. The van der Waals surface area contributed by atoms with E-state index in [1.165, 1.54) is 35.7 Å². The number of methoxy groups -OCH3 is 1. The van der Waals surface area contributed by atoms with E-state index < -0.39 is 15.9 Å². The molecule has 0 spiro atoms. The van der Waals surface area contributed by atoms with Gasteiger partial charge in [0.1, 0.15) is 11.5 Å². The standard InChI is InChI=1S/C26H26N2O6S/c1-33-21-11-14-23(26(30)19-7-3-2-4-8-19)24(17-21)34-18-25(29)27-20-9-12-22(13-10-20)35(31,32)28-15-5-6-16-28/h2-4,7-14,17H,5-6,15-16,18H2,1H3,(H,27,29). The highest BCUT2D eigenvalue weighted by atomic mass is 32.2. The zero-order chi connectivity index (χ0) is 24.8. The maximum absolute atomic E-state index is 12.9. The van der Waals surface area contributed by atoms with Crippen LogP contribution in [0.5, 0.6) is 11.5 Å². The van der Waals surface area contributed by atoms with Crippen molar-refractivity contribution in [2.75, 3.05) is 32.1 Å². The number of carbonyl (C=O) groups excluding carboxylic acids is 2. The van der Waals surface area contributed by atoms with Crippen LogP contribution in [-0.2, 0) is 14.8 Å². The molecule has 3 aromatic rings. The number of benzene rings is 3. The molecule has 1 heterocycles. The number of hydrogen-bond donors (Lipinski definition) is 1. The fourth-order valence-corrected chi connectivity index (χ4v) is 5.33. The van der Waals surface area contributed by atoms with Crippen molar-refractivity contribution < 1.29 is 27.5 Å². The Morgan fingerprint density at radius 3 is 2.29 bits per heavy atom. The van der Waals surface area contributed by atoms with Gasteiger partial charge in [-0.15, -0.1) is 0 Å². The number of sulfonamides is 1. The van der Waals surface area contributed by atoms with Crippen molar-refractivity contribution in [2.24, 2.45) is 0 Å². The topological polar surface area (TPSA) is 102 Å². The summed E-state index contributed by atoms with van der Waals surface area (Å²) in [5.41, 5.74) is 1.24. The molecule has 0 aliphatic carbocycles. The Balaban J connectivity index is 1.42. The van der Waals surface area contributed by atoms with Crippen LogP contribution in [0, 0.1) is 0 Å². The highest BCUT2D eigenvalue weighted by Crippen LogP contribution is 2.27. The Morgan fingerprint density at radius 2 is 1.63 bits per heavy atom. The second-order valence-electron chi connectivity index (χ2n) is 8.03. The largest absolute Gasteiger partial charge is 0.497 e. The average molecular weight is 495 g/mol. The van der Waals surface area contributed by atoms with Gasteiger partial charge in [0.25, 0.3) is 5.91 Å². The Labute approximate surface area is 204 Å². The van der Waals surface area contributed by atoms with E-state index >= 15 is 0 Å². The lowest BCUT2D eigenvalue weighted by Gasteiger charge is -2.16. The van der Waals surface area contributed by atoms with Crippen molar-refractivity contribution in [3.8, 4) is 11.5 Å². The highest BCUT2D eigenvalue weighted by molar-refractivity contribution is 7.89. The van der Waals surface area contributed by atoms with Crippen molar-refractivity contribution in [1.82, 2.24) is 4.31 Å². The molecular weight excluding hydrogens is 468 g/mol. The second kappa shape index (κ2) is 10.7. The lowest BCUT2D eigenvalue weighted by atomic mass is 10.0. The first-order chi connectivity index (χ1) is 16.9. The smallest absolute Gasteiger partial charge is 0.262 e. The lowest BCUT2D eigenvalue weighted by Crippen LogP contribution is -2.27. The van der Waals surface area contributed by atoms with Crippen LogP contribution < -0.4 is 14.8 Å². The summed E-state index contributed by atoms with van der Waals surface area (Å²) in [5.74, 6) is 0.0137.